The molecule has 3 nitrogen and oxygen atoms in total. The highest BCUT2D eigenvalue weighted by Gasteiger charge is 2.28. The second-order valence-corrected chi connectivity index (χ2v) is 3.90. The molecule has 2 unspecified atom stereocenters. The Hall–Kier alpha value is -0.800. The normalized spacial score (nSPS) is 32.8. The van der Waals surface area contributed by atoms with E-state index in [0.717, 1.165) is 25.9 Å². The van der Waals surface area contributed by atoms with Crippen LogP contribution in [-0.2, 0) is 0 Å². The predicted molar refractivity (Wildman–Crippen MR) is 47.3 cm³/mol. The van der Waals surface area contributed by atoms with Crippen LogP contribution in [0, 0.1) is 0 Å². The van der Waals surface area contributed by atoms with Crippen molar-refractivity contribution in [1.29, 1.82) is 0 Å². The second kappa shape index (κ2) is 3.52. The summed E-state index contributed by atoms with van der Waals surface area (Å²) < 4.78 is 12.8. The van der Waals surface area contributed by atoms with Crippen molar-refractivity contribution in [1.82, 2.24) is 10.2 Å². The van der Waals surface area contributed by atoms with Crippen molar-refractivity contribution in [3.05, 3.63) is 0 Å². The van der Waals surface area contributed by atoms with Crippen LogP contribution in [0.15, 0.2) is 0 Å². The summed E-state index contributed by atoms with van der Waals surface area (Å²) in [6.07, 6.45) is 2.29. The van der Waals surface area contributed by atoms with Crippen LogP contribution in [0.2, 0.25) is 0 Å². The second-order valence-electron chi connectivity index (χ2n) is 3.90. The van der Waals surface area contributed by atoms with Crippen molar-refractivity contribution in [3.8, 4) is 0 Å². The first-order valence-corrected chi connectivity index (χ1v) is 4.95. The van der Waals surface area contributed by atoms with Gasteiger partial charge in [-0.05, 0) is 25.7 Å². The van der Waals surface area contributed by atoms with Gasteiger partial charge in [-0.3, -0.25) is 0 Å². The zero-order valence-corrected chi connectivity index (χ0v) is 7.63. The van der Waals surface area contributed by atoms with Crippen LogP contribution < -0.4 is 5.32 Å². The minimum Gasteiger partial charge on any atom is -0.335 e. The lowest BCUT2D eigenvalue weighted by Crippen LogP contribution is -2.50. The van der Waals surface area contributed by atoms with Gasteiger partial charge in [-0.15, -0.1) is 0 Å². The minimum atomic E-state index is -0.707. The van der Waals surface area contributed by atoms with E-state index in [-0.39, 0.29) is 12.1 Å². The minimum absolute atomic E-state index is 0.00894. The quantitative estimate of drug-likeness (QED) is 0.657. The first kappa shape index (κ1) is 8.78. The van der Waals surface area contributed by atoms with Gasteiger partial charge in [0.1, 0.15) is 6.17 Å². The van der Waals surface area contributed by atoms with Gasteiger partial charge in [0.25, 0.3) is 0 Å². The molecule has 2 rings (SSSR count). The number of hydrogen-bond acceptors (Lipinski definition) is 1. The molecule has 1 aliphatic carbocycles. The standard InChI is InChI=1S/C9H15FN2O/c10-7-2-3-8(6-7)11-9(13)12-4-1-5-12/h7-8H,1-6H2,(H,11,13). The monoisotopic (exact) mass is 186 g/mol. The summed E-state index contributed by atoms with van der Waals surface area (Å²) >= 11 is 0. The van der Waals surface area contributed by atoms with Crippen LogP contribution in [0.4, 0.5) is 9.18 Å². The van der Waals surface area contributed by atoms with E-state index >= 15 is 0 Å². The molecule has 1 saturated carbocycles. The Morgan fingerprint density at radius 3 is 2.62 bits per heavy atom. The molecule has 4 heteroatoms. The van der Waals surface area contributed by atoms with Crippen molar-refractivity contribution < 1.29 is 9.18 Å². The first-order chi connectivity index (χ1) is 6.25. The third kappa shape index (κ3) is 1.92. The average Bonchev–Trinajstić information content (AvgIpc) is 2.31. The molecule has 74 valence electrons. The third-order valence-corrected chi connectivity index (χ3v) is 2.84. The Kier molecular flexibility index (Phi) is 2.38. The number of hydrogen-bond donors (Lipinski definition) is 1. The number of likely N-dealkylation sites (tertiary alicyclic amines) is 1. The van der Waals surface area contributed by atoms with Gasteiger partial charge < -0.3 is 10.2 Å². The first-order valence-electron chi connectivity index (χ1n) is 4.95. The van der Waals surface area contributed by atoms with E-state index in [2.05, 4.69) is 5.32 Å². The fourth-order valence-electron chi connectivity index (χ4n) is 1.84. The number of carbonyl (C=O) groups excluding carboxylic acids is 1. The van der Waals surface area contributed by atoms with Crippen molar-refractivity contribution in [2.24, 2.45) is 0 Å². The van der Waals surface area contributed by atoms with E-state index in [1.165, 1.54) is 0 Å². The predicted octanol–water partition coefficient (Wildman–Crippen LogP) is 1.29. The molecule has 2 aliphatic rings. The van der Waals surface area contributed by atoms with Crippen LogP contribution in [0.25, 0.3) is 0 Å². The Morgan fingerprint density at radius 2 is 2.15 bits per heavy atom. The fraction of sp³-hybridized carbons (Fsp3) is 0.889. The molecule has 0 aromatic heterocycles. The number of amides is 2. The van der Waals surface area contributed by atoms with Crippen molar-refractivity contribution >= 4 is 6.03 Å². The van der Waals surface area contributed by atoms with Crippen LogP contribution in [0.5, 0.6) is 0 Å². The number of nitrogens with one attached hydrogen (secondary N) is 1. The Morgan fingerprint density at radius 1 is 1.38 bits per heavy atom. The summed E-state index contributed by atoms with van der Waals surface area (Å²) in [7, 11) is 0. The van der Waals surface area contributed by atoms with Crippen molar-refractivity contribution in [2.75, 3.05) is 13.1 Å². The van der Waals surface area contributed by atoms with Gasteiger partial charge in [-0.25, -0.2) is 9.18 Å². The van der Waals surface area contributed by atoms with E-state index < -0.39 is 6.17 Å². The summed E-state index contributed by atoms with van der Waals surface area (Å²) in [5.41, 5.74) is 0. The molecule has 1 heterocycles. The largest absolute Gasteiger partial charge is 0.335 e. The zero-order chi connectivity index (χ0) is 9.26. The molecule has 0 bridgehead atoms. The van der Waals surface area contributed by atoms with Gasteiger partial charge in [-0.2, -0.15) is 0 Å². The molecule has 1 saturated heterocycles. The van der Waals surface area contributed by atoms with Gasteiger partial charge in [0.2, 0.25) is 0 Å². The lowest BCUT2D eigenvalue weighted by molar-refractivity contribution is 0.163. The van der Waals surface area contributed by atoms with Crippen LogP contribution in [0.1, 0.15) is 25.7 Å². The number of nitrogens with zero attached hydrogens (tertiary/aromatic N) is 1. The molecule has 2 amide bonds. The van der Waals surface area contributed by atoms with E-state index in [1.807, 2.05) is 0 Å². The summed E-state index contributed by atoms with van der Waals surface area (Å²) in [6, 6.07) is 0.0634. The van der Waals surface area contributed by atoms with Crippen molar-refractivity contribution in [3.63, 3.8) is 0 Å². The van der Waals surface area contributed by atoms with Crippen LogP contribution >= 0.6 is 0 Å². The highest BCUT2D eigenvalue weighted by Crippen LogP contribution is 2.22. The van der Waals surface area contributed by atoms with Gasteiger partial charge in [-0.1, -0.05) is 0 Å². The molecule has 1 N–H and O–H groups in total. The maximum Gasteiger partial charge on any atom is 0.317 e. The summed E-state index contributed by atoms with van der Waals surface area (Å²) in [6.45, 7) is 1.72. The van der Waals surface area contributed by atoms with E-state index in [9.17, 15) is 9.18 Å². The SMILES string of the molecule is O=C(NC1CCC(F)C1)N1CCC1. The summed E-state index contributed by atoms with van der Waals surface area (Å²) in [4.78, 5) is 13.1. The number of carbonyl (C=O) groups is 1. The summed E-state index contributed by atoms with van der Waals surface area (Å²) in [5, 5.41) is 2.86. The fourth-order valence-corrected chi connectivity index (χ4v) is 1.84. The molecule has 2 atom stereocenters. The highest BCUT2D eigenvalue weighted by molar-refractivity contribution is 5.75. The number of urea groups is 1. The van der Waals surface area contributed by atoms with Crippen molar-refractivity contribution in [2.45, 2.75) is 37.9 Å². The molecule has 13 heavy (non-hydrogen) atoms. The molecular weight excluding hydrogens is 171 g/mol. The molecule has 0 spiro atoms. The molecule has 1 aliphatic heterocycles. The maximum atomic E-state index is 12.8. The van der Waals surface area contributed by atoms with Gasteiger partial charge in [0, 0.05) is 19.1 Å². The highest BCUT2D eigenvalue weighted by atomic mass is 19.1. The molecule has 0 aromatic rings. The smallest absolute Gasteiger partial charge is 0.317 e. The van der Waals surface area contributed by atoms with E-state index in [4.69, 9.17) is 0 Å². The summed E-state index contributed by atoms with van der Waals surface area (Å²) in [5.74, 6) is 0. The third-order valence-electron chi connectivity index (χ3n) is 2.84. The Bertz CT molecular complexity index is 206. The Balaban J connectivity index is 1.74. The van der Waals surface area contributed by atoms with Gasteiger partial charge in [0.05, 0.1) is 0 Å². The molecule has 0 aromatic carbocycles. The molecular formula is C9H15FN2O. The van der Waals surface area contributed by atoms with E-state index in [1.54, 1.807) is 4.90 Å². The topological polar surface area (TPSA) is 32.3 Å². The maximum absolute atomic E-state index is 12.8. The van der Waals surface area contributed by atoms with Crippen LogP contribution in [-0.4, -0.2) is 36.2 Å². The molecule has 2 fully saturated rings. The number of alkyl halides is 1. The number of rotatable bonds is 1. The van der Waals surface area contributed by atoms with Gasteiger partial charge in [0.15, 0.2) is 0 Å². The average molecular weight is 186 g/mol. The number of halogens is 1. The van der Waals surface area contributed by atoms with Crippen LogP contribution in [0.3, 0.4) is 0 Å². The lowest BCUT2D eigenvalue weighted by Gasteiger charge is -2.32. The van der Waals surface area contributed by atoms with E-state index in [0.29, 0.717) is 12.8 Å². The Labute approximate surface area is 77.3 Å². The zero-order valence-electron chi connectivity index (χ0n) is 7.63. The molecule has 0 radical (unpaired) electrons. The van der Waals surface area contributed by atoms with Gasteiger partial charge >= 0.3 is 6.03 Å². The lowest BCUT2D eigenvalue weighted by atomic mass is 10.2.